The first-order valence-corrected chi connectivity index (χ1v) is 10.4. The lowest BCUT2D eigenvalue weighted by Gasteiger charge is -2.15. The molecule has 0 saturated heterocycles. The van der Waals surface area contributed by atoms with E-state index in [9.17, 15) is 18.4 Å². The fourth-order valence-electron chi connectivity index (χ4n) is 3.12. The number of aromatic nitrogens is 1. The molecule has 0 fully saturated rings. The monoisotopic (exact) mass is 471 g/mol. The Morgan fingerprint density at radius 1 is 1.09 bits per heavy atom. The second-order valence-corrected chi connectivity index (χ2v) is 7.35. The predicted molar refractivity (Wildman–Crippen MR) is 121 cm³/mol. The molecule has 0 saturated carbocycles. The number of ether oxygens (including phenoxy) is 2. The molecule has 2 aromatic carbocycles. The van der Waals surface area contributed by atoms with Crippen LogP contribution in [-0.4, -0.2) is 28.1 Å². The minimum absolute atomic E-state index is 0.0357. The fourth-order valence-corrected chi connectivity index (χ4v) is 3.12. The van der Waals surface area contributed by atoms with Crippen molar-refractivity contribution in [3.05, 3.63) is 65.7 Å². The molecule has 0 aliphatic rings. The van der Waals surface area contributed by atoms with Gasteiger partial charge in [-0.25, -0.2) is 13.6 Å². The molecule has 1 heterocycles. The van der Waals surface area contributed by atoms with Gasteiger partial charge < -0.3 is 25.6 Å². The maximum Gasteiger partial charge on any atom is 0.344 e. The molecule has 0 aliphatic heterocycles. The Morgan fingerprint density at radius 3 is 2.47 bits per heavy atom. The molecule has 0 spiro atoms. The Kier molecular flexibility index (Phi) is 7.75. The summed E-state index contributed by atoms with van der Waals surface area (Å²) in [7, 11) is 0. The summed E-state index contributed by atoms with van der Waals surface area (Å²) in [5.74, 6) is -5.19. The Balaban J connectivity index is 2.01. The van der Waals surface area contributed by atoms with Crippen LogP contribution in [0.2, 0.25) is 0 Å². The van der Waals surface area contributed by atoms with Crippen molar-refractivity contribution in [1.82, 2.24) is 4.98 Å². The van der Waals surface area contributed by atoms with Crippen molar-refractivity contribution >= 4 is 17.6 Å². The van der Waals surface area contributed by atoms with Gasteiger partial charge in [0, 0.05) is 31.3 Å². The van der Waals surface area contributed by atoms with Crippen LogP contribution in [0, 0.1) is 11.6 Å². The van der Waals surface area contributed by atoms with Crippen molar-refractivity contribution in [2.24, 2.45) is 5.73 Å². The number of pyridine rings is 1. The van der Waals surface area contributed by atoms with Gasteiger partial charge in [-0.3, -0.25) is 4.79 Å². The molecule has 34 heavy (non-hydrogen) atoms. The lowest BCUT2D eigenvalue weighted by Crippen LogP contribution is -2.26. The van der Waals surface area contributed by atoms with Gasteiger partial charge in [-0.05, 0) is 41.3 Å². The van der Waals surface area contributed by atoms with Crippen LogP contribution in [0.15, 0.2) is 48.5 Å². The molecular formula is C24H23F2N3O5. The number of carbonyl (C=O) groups is 2. The number of nitrogens with two attached hydrogens (primary N) is 1. The van der Waals surface area contributed by atoms with E-state index < -0.39 is 35.5 Å². The first-order chi connectivity index (χ1) is 16.2. The van der Waals surface area contributed by atoms with Crippen LogP contribution < -0.4 is 20.5 Å². The molecule has 8 nitrogen and oxygen atoms in total. The average molecular weight is 471 g/mol. The SMILES string of the molecule is CC[C@@H](Oc1nc(Oc2cc(NC(C)=O)cc(-c3cccc(CN)c3)c2)c(F)cc1F)C(=O)O. The number of hydrogen-bond donors (Lipinski definition) is 3. The lowest BCUT2D eigenvalue weighted by atomic mass is 10.0. The number of benzene rings is 2. The Morgan fingerprint density at radius 2 is 1.82 bits per heavy atom. The largest absolute Gasteiger partial charge is 0.479 e. The van der Waals surface area contributed by atoms with Gasteiger partial charge in [0.15, 0.2) is 17.7 Å². The maximum absolute atomic E-state index is 14.4. The van der Waals surface area contributed by atoms with Crippen LogP contribution in [0.1, 0.15) is 25.8 Å². The number of nitrogens with one attached hydrogen (secondary N) is 1. The Bertz CT molecular complexity index is 1220. The standard InChI is InChI=1S/C24H23F2N3O5/c1-3-21(24(31)32)34-23-20(26)11-19(25)22(29-23)33-18-9-16(8-17(10-18)28-13(2)30)15-6-4-5-14(7-15)12-27/h4-11,21H,3,12,27H2,1-2H3,(H,28,30)(H,31,32)/t21-/m1/s1. The normalized spacial score (nSPS) is 11.6. The van der Waals surface area contributed by atoms with E-state index in [-0.39, 0.29) is 18.1 Å². The molecule has 10 heteroatoms. The van der Waals surface area contributed by atoms with E-state index in [1.54, 1.807) is 12.1 Å². The summed E-state index contributed by atoms with van der Waals surface area (Å²) >= 11 is 0. The van der Waals surface area contributed by atoms with E-state index in [1.165, 1.54) is 19.9 Å². The molecule has 4 N–H and O–H groups in total. The highest BCUT2D eigenvalue weighted by Crippen LogP contribution is 2.33. The van der Waals surface area contributed by atoms with Crippen molar-refractivity contribution < 1.29 is 33.0 Å². The van der Waals surface area contributed by atoms with E-state index in [0.29, 0.717) is 23.9 Å². The maximum atomic E-state index is 14.4. The Hall–Kier alpha value is -4.05. The highest BCUT2D eigenvalue weighted by Gasteiger charge is 2.22. The summed E-state index contributed by atoms with van der Waals surface area (Å²) in [6.45, 7) is 3.19. The van der Waals surface area contributed by atoms with Crippen LogP contribution in [-0.2, 0) is 16.1 Å². The smallest absolute Gasteiger partial charge is 0.344 e. The van der Waals surface area contributed by atoms with E-state index in [2.05, 4.69) is 10.3 Å². The molecule has 0 aliphatic carbocycles. The zero-order valence-corrected chi connectivity index (χ0v) is 18.5. The summed E-state index contributed by atoms with van der Waals surface area (Å²) in [6.07, 6.45) is -1.33. The quantitative estimate of drug-likeness (QED) is 0.420. The van der Waals surface area contributed by atoms with Gasteiger partial charge >= 0.3 is 5.97 Å². The molecule has 3 rings (SSSR count). The van der Waals surface area contributed by atoms with Gasteiger partial charge in [0.05, 0.1) is 0 Å². The second-order valence-electron chi connectivity index (χ2n) is 7.35. The first kappa shape index (κ1) is 24.6. The zero-order valence-electron chi connectivity index (χ0n) is 18.5. The van der Waals surface area contributed by atoms with Crippen molar-refractivity contribution in [2.45, 2.75) is 32.9 Å². The van der Waals surface area contributed by atoms with Crippen molar-refractivity contribution in [3.8, 4) is 28.6 Å². The topological polar surface area (TPSA) is 124 Å². The van der Waals surface area contributed by atoms with Gasteiger partial charge in [-0.1, -0.05) is 25.1 Å². The number of carboxylic acid groups (broad SMARTS) is 1. The third-order valence-electron chi connectivity index (χ3n) is 4.70. The number of anilines is 1. The van der Waals surface area contributed by atoms with Gasteiger partial charge in [0.1, 0.15) is 5.75 Å². The number of nitrogens with zero attached hydrogens (tertiary/aromatic N) is 1. The Labute approximate surface area is 194 Å². The molecule has 0 radical (unpaired) electrons. The van der Waals surface area contributed by atoms with E-state index in [0.717, 1.165) is 11.1 Å². The average Bonchev–Trinajstić information content (AvgIpc) is 2.79. The number of rotatable bonds is 9. The number of carbonyl (C=O) groups excluding carboxylic acids is 1. The minimum atomic E-state index is -1.37. The van der Waals surface area contributed by atoms with Gasteiger partial charge in [0.25, 0.3) is 11.8 Å². The number of carboxylic acids is 1. The summed E-state index contributed by atoms with van der Waals surface area (Å²) < 4.78 is 39.3. The molecule has 1 atom stereocenters. The molecule has 178 valence electrons. The third kappa shape index (κ3) is 6.04. The lowest BCUT2D eigenvalue weighted by molar-refractivity contribution is -0.145. The van der Waals surface area contributed by atoms with Crippen molar-refractivity contribution in [1.29, 1.82) is 0 Å². The highest BCUT2D eigenvalue weighted by molar-refractivity contribution is 5.90. The van der Waals surface area contributed by atoms with Crippen molar-refractivity contribution in [3.63, 3.8) is 0 Å². The van der Waals surface area contributed by atoms with E-state index in [1.807, 2.05) is 24.3 Å². The van der Waals surface area contributed by atoms with Gasteiger partial charge in [0.2, 0.25) is 5.91 Å². The fraction of sp³-hybridized carbons (Fsp3) is 0.208. The number of halogens is 2. The molecule has 1 amide bonds. The van der Waals surface area contributed by atoms with E-state index >= 15 is 0 Å². The van der Waals surface area contributed by atoms with Crippen LogP contribution >= 0.6 is 0 Å². The van der Waals surface area contributed by atoms with Gasteiger partial charge in [-0.15, -0.1) is 0 Å². The molecule has 3 aromatic rings. The summed E-state index contributed by atoms with van der Waals surface area (Å²) in [5.41, 5.74) is 8.37. The third-order valence-corrected chi connectivity index (χ3v) is 4.70. The van der Waals surface area contributed by atoms with Crippen LogP contribution in [0.25, 0.3) is 11.1 Å². The predicted octanol–water partition coefficient (Wildman–Crippen LogP) is 4.48. The minimum Gasteiger partial charge on any atom is -0.479 e. The van der Waals surface area contributed by atoms with Gasteiger partial charge in [-0.2, -0.15) is 4.98 Å². The van der Waals surface area contributed by atoms with Crippen LogP contribution in [0.5, 0.6) is 17.5 Å². The summed E-state index contributed by atoms with van der Waals surface area (Å²) in [6, 6.07) is 12.6. The molecule has 1 aromatic heterocycles. The molecular weight excluding hydrogens is 448 g/mol. The van der Waals surface area contributed by atoms with Crippen LogP contribution in [0.4, 0.5) is 14.5 Å². The molecule has 0 unspecified atom stereocenters. The second kappa shape index (κ2) is 10.7. The van der Waals surface area contributed by atoms with Crippen molar-refractivity contribution in [2.75, 3.05) is 5.32 Å². The van der Waals surface area contributed by atoms with E-state index in [4.69, 9.17) is 20.3 Å². The highest BCUT2D eigenvalue weighted by atomic mass is 19.1. The summed E-state index contributed by atoms with van der Waals surface area (Å²) in [4.78, 5) is 26.5. The summed E-state index contributed by atoms with van der Waals surface area (Å²) in [5, 5.41) is 11.8. The first-order valence-electron chi connectivity index (χ1n) is 10.4. The number of hydrogen-bond acceptors (Lipinski definition) is 6. The number of aliphatic carboxylic acids is 1. The molecule has 0 bridgehead atoms. The zero-order chi connectivity index (χ0) is 24.8. The van der Waals surface area contributed by atoms with Crippen LogP contribution in [0.3, 0.4) is 0 Å². The number of amides is 1.